The van der Waals surface area contributed by atoms with Gasteiger partial charge in [0, 0.05) is 19.2 Å². The molecular weight excluding hydrogens is 256 g/mol. The van der Waals surface area contributed by atoms with Crippen molar-refractivity contribution in [2.45, 2.75) is 6.92 Å². The van der Waals surface area contributed by atoms with E-state index in [1.54, 1.807) is 6.92 Å². The zero-order valence-electron chi connectivity index (χ0n) is 10.2. The third-order valence-electron chi connectivity index (χ3n) is 2.49. The van der Waals surface area contributed by atoms with E-state index in [0.29, 0.717) is 11.3 Å². The van der Waals surface area contributed by atoms with Crippen molar-refractivity contribution in [2.75, 3.05) is 17.1 Å². The molecule has 1 aromatic carbocycles. The monoisotopic (exact) mass is 270 g/mol. The number of nitro benzene ring substituents is 1. The molecule has 0 aliphatic heterocycles. The summed E-state index contributed by atoms with van der Waals surface area (Å²) in [5, 5.41) is 10.7. The Balaban J connectivity index is 3.28. The molecule has 0 radical (unpaired) electrons. The number of hydrogen-bond donors (Lipinski definition) is 0. The smallest absolute Gasteiger partial charge is 0.271 e. The number of sulfonamides is 1. The SMILES string of the molecule is C=CCS(=O)(=O)N(C)c1cc([N+](=O)[O-])ccc1C. The molecule has 0 unspecified atom stereocenters. The predicted octanol–water partition coefficient (Wildman–Crippen LogP) is 1.86. The lowest BCUT2D eigenvalue weighted by atomic mass is 10.2. The van der Waals surface area contributed by atoms with Crippen LogP contribution in [0.1, 0.15) is 5.56 Å². The van der Waals surface area contributed by atoms with Crippen molar-refractivity contribution in [3.8, 4) is 0 Å². The van der Waals surface area contributed by atoms with Crippen molar-refractivity contribution in [3.63, 3.8) is 0 Å². The maximum atomic E-state index is 11.8. The highest BCUT2D eigenvalue weighted by molar-refractivity contribution is 7.92. The molecule has 0 spiro atoms. The standard InChI is InChI=1S/C11H14N2O4S/c1-4-7-18(16,17)12(3)11-8-10(13(14)15)6-5-9(11)2/h4-6,8H,1,7H2,2-3H3. The first-order chi connectivity index (χ1) is 8.29. The normalized spacial score (nSPS) is 11.0. The van der Waals surface area contributed by atoms with Gasteiger partial charge in [0.1, 0.15) is 0 Å². The second-order valence-electron chi connectivity index (χ2n) is 3.76. The van der Waals surface area contributed by atoms with Gasteiger partial charge >= 0.3 is 0 Å². The first-order valence-electron chi connectivity index (χ1n) is 5.12. The summed E-state index contributed by atoms with van der Waals surface area (Å²) in [7, 11) is -2.17. The van der Waals surface area contributed by atoms with Crippen molar-refractivity contribution >= 4 is 21.4 Å². The summed E-state index contributed by atoms with van der Waals surface area (Å²) in [4.78, 5) is 10.1. The van der Waals surface area contributed by atoms with Crippen molar-refractivity contribution in [2.24, 2.45) is 0 Å². The van der Waals surface area contributed by atoms with Crippen LogP contribution < -0.4 is 4.31 Å². The fraction of sp³-hybridized carbons (Fsp3) is 0.273. The van der Waals surface area contributed by atoms with Gasteiger partial charge in [-0.15, -0.1) is 6.58 Å². The first-order valence-corrected chi connectivity index (χ1v) is 6.73. The first kappa shape index (κ1) is 14.2. The fourth-order valence-electron chi connectivity index (χ4n) is 1.46. The predicted molar refractivity (Wildman–Crippen MR) is 70.2 cm³/mol. The van der Waals surface area contributed by atoms with Gasteiger partial charge in [-0.25, -0.2) is 8.42 Å². The summed E-state index contributed by atoms with van der Waals surface area (Å²) < 4.78 is 24.7. The third kappa shape index (κ3) is 2.86. The highest BCUT2D eigenvalue weighted by Gasteiger charge is 2.20. The van der Waals surface area contributed by atoms with Crippen LogP contribution in [-0.2, 0) is 10.0 Å². The van der Waals surface area contributed by atoms with Crippen LogP contribution in [0.25, 0.3) is 0 Å². The van der Waals surface area contributed by atoms with Gasteiger partial charge in [-0.3, -0.25) is 14.4 Å². The Labute approximate surface area is 106 Å². The lowest BCUT2D eigenvalue weighted by Crippen LogP contribution is -2.28. The summed E-state index contributed by atoms with van der Waals surface area (Å²) in [6.07, 6.45) is 1.28. The number of nitrogens with zero attached hydrogens (tertiary/aromatic N) is 2. The van der Waals surface area contributed by atoms with E-state index in [0.717, 1.165) is 4.31 Å². The number of non-ortho nitro benzene ring substituents is 1. The quantitative estimate of drug-likeness (QED) is 0.464. The molecule has 0 N–H and O–H groups in total. The summed E-state index contributed by atoms with van der Waals surface area (Å²) >= 11 is 0. The van der Waals surface area contributed by atoms with E-state index >= 15 is 0 Å². The van der Waals surface area contributed by atoms with Crippen LogP contribution in [0, 0.1) is 17.0 Å². The molecule has 0 saturated carbocycles. The van der Waals surface area contributed by atoms with Crippen LogP contribution in [0.4, 0.5) is 11.4 Å². The minimum Gasteiger partial charge on any atom is -0.273 e. The zero-order valence-corrected chi connectivity index (χ0v) is 11.0. The maximum Gasteiger partial charge on any atom is 0.271 e. The molecular formula is C11H14N2O4S. The highest BCUT2D eigenvalue weighted by atomic mass is 32.2. The number of aryl methyl sites for hydroxylation is 1. The van der Waals surface area contributed by atoms with E-state index in [1.807, 2.05) is 0 Å². The number of anilines is 1. The average Bonchev–Trinajstić information content (AvgIpc) is 2.28. The van der Waals surface area contributed by atoms with E-state index < -0.39 is 14.9 Å². The maximum absolute atomic E-state index is 11.8. The molecule has 0 heterocycles. The Kier molecular flexibility index (Phi) is 4.07. The van der Waals surface area contributed by atoms with Crippen LogP contribution in [0.3, 0.4) is 0 Å². The summed E-state index contributed by atoms with van der Waals surface area (Å²) in [6, 6.07) is 4.11. The molecule has 1 rings (SSSR count). The minimum atomic E-state index is -3.54. The van der Waals surface area contributed by atoms with Gasteiger partial charge in [0.15, 0.2) is 0 Å². The highest BCUT2D eigenvalue weighted by Crippen LogP contribution is 2.26. The summed E-state index contributed by atoms with van der Waals surface area (Å²) in [5.74, 6) is -0.217. The van der Waals surface area contributed by atoms with E-state index in [2.05, 4.69) is 6.58 Å². The third-order valence-corrected chi connectivity index (χ3v) is 4.18. The van der Waals surface area contributed by atoms with Crippen molar-refractivity contribution in [1.29, 1.82) is 0 Å². The van der Waals surface area contributed by atoms with Crippen LogP contribution in [0.2, 0.25) is 0 Å². The van der Waals surface area contributed by atoms with E-state index in [9.17, 15) is 18.5 Å². The fourth-order valence-corrected chi connectivity index (χ4v) is 2.48. The Hall–Kier alpha value is -1.89. The molecule has 0 atom stereocenters. The Morgan fingerprint density at radius 3 is 2.61 bits per heavy atom. The molecule has 7 heteroatoms. The average molecular weight is 270 g/mol. The van der Waals surface area contributed by atoms with Gasteiger partial charge in [0.25, 0.3) is 5.69 Å². The molecule has 0 fully saturated rings. The number of hydrogen-bond acceptors (Lipinski definition) is 4. The van der Waals surface area contributed by atoms with Gasteiger partial charge < -0.3 is 0 Å². The van der Waals surface area contributed by atoms with Crippen LogP contribution in [0.15, 0.2) is 30.9 Å². The van der Waals surface area contributed by atoms with Gasteiger partial charge in [0.2, 0.25) is 10.0 Å². The largest absolute Gasteiger partial charge is 0.273 e. The molecule has 0 bridgehead atoms. The molecule has 18 heavy (non-hydrogen) atoms. The van der Waals surface area contributed by atoms with E-state index in [-0.39, 0.29) is 11.4 Å². The molecule has 0 amide bonds. The molecule has 0 aromatic heterocycles. The molecule has 0 aliphatic carbocycles. The Morgan fingerprint density at radius 2 is 2.11 bits per heavy atom. The summed E-state index contributed by atoms with van der Waals surface area (Å²) in [5.41, 5.74) is 0.804. The molecule has 6 nitrogen and oxygen atoms in total. The van der Waals surface area contributed by atoms with Crippen molar-refractivity contribution < 1.29 is 13.3 Å². The van der Waals surface area contributed by atoms with Crippen LogP contribution >= 0.6 is 0 Å². The zero-order chi connectivity index (χ0) is 13.9. The van der Waals surface area contributed by atoms with E-state index in [1.165, 1.54) is 31.3 Å². The molecule has 0 aliphatic rings. The second kappa shape index (κ2) is 5.18. The number of rotatable bonds is 5. The Morgan fingerprint density at radius 1 is 1.50 bits per heavy atom. The number of nitro groups is 1. The van der Waals surface area contributed by atoms with Crippen molar-refractivity contribution in [1.82, 2.24) is 0 Å². The van der Waals surface area contributed by atoms with Gasteiger partial charge in [-0.1, -0.05) is 12.1 Å². The Bertz CT molecular complexity index is 581. The molecule has 0 saturated heterocycles. The minimum absolute atomic E-state index is 0.142. The van der Waals surface area contributed by atoms with Gasteiger partial charge in [0.05, 0.1) is 16.4 Å². The van der Waals surface area contributed by atoms with Gasteiger partial charge in [-0.2, -0.15) is 0 Å². The van der Waals surface area contributed by atoms with E-state index in [4.69, 9.17) is 0 Å². The van der Waals surface area contributed by atoms with Crippen LogP contribution in [0.5, 0.6) is 0 Å². The topological polar surface area (TPSA) is 80.5 Å². The summed E-state index contributed by atoms with van der Waals surface area (Å²) in [6.45, 7) is 5.07. The second-order valence-corrected chi connectivity index (χ2v) is 5.81. The molecule has 1 aromatic rings. The van der Waals surface area contributed by atoms with Crippen LogP contribution in [-0.4, -0.2) is 26.1 Å². The number of benzene rings is 1. The lowest BCUT2D eigenvalue weighted by molar-refractivity contribution is -0.384. The lowest BCUT2D eigenvalue weighted by Gasteiger charge is -2.20. The van der Waals surface area contributed by atoms with Crippen molar-refractivity contribution in [3.05, 3.63) is 46.5 Å². The van der Waals surface area contributed by atoms with Gasteiger partial charge in [-0.05, 0) is 12.5 Å². The molecule has 98 valence electrons.